The van der Waals surface area contributed by atoms with Crippen LogP contribution in [0.4, 0.5) is 30.7 Å². The Morgan fingerprint density at radius 2 is 1.31 bits per heavy atom. The Morgan fingerprint density at radius 3 is 1.50 bits per heavy atom. The molecule has 0 aromatic carbocycles. The van der Waals surface area contributed by atoms with Gasteiger partial charge in [-0.2, -0.15) is 26.3 Å². The van der Waals surface area contributed by atoms with Crippen LogP contribution in [0.2, 0.25) is 0 Å². The zero-order valence-electron chi connectivity index (χ0n) is 7.58. The van der Waals surface area contributed by atoms with E-state index in [1.165, 1.54) is 0 Å². The molecule has 0 spiro atoms. The smallest absolute Gasteiger partial charge is 0.435 e. The second-order valence-corrected chi connectivity index (χ2v) is 2.84. The second-order valence-electron chi connectivity index (χ2n) is 2.84. The maximum Gasteiger partial charge on any atom is 0.435 e. The predicted molar refractivity (Wildman–Crippen MR) is 37.3 cm³/mol. The van der Waals surface area contributed by atoms with Crippen LogP contribution in [0.15, 0.2) is 11.6 Å². The van der Waals surface area contributed by atoms with E-state index in [0.717, 1.165) is 0 Å². The molecule has 0 saturated heterocycles. The summed E-state index contributed by atoms with van der Waals surface area (Å²) < 4.78 is 84.2. The molecule has 94 valence electrons. The minimum atomic E-state index is -6.28. The van der Waals surface area contributed by atoms with E-state index in [9.17, 15) is 35.5 Å². The molecule has 16 heavy (non-hydrogen) atoms. The fourth-order valence-corrected chi connectivity index (χ4v) is 0.684. The molecule has 9 heteroatoms. The number of hydrogen-bond acceptors (Lipinski definition) is 1. The number of rotatable bonds is 2. The molecule has 0 atom stereocenters. The van der Waals surface area contributed by atoms with Gasteiger partial charge >= 0.3 is 24.0 Å². The van der Waals surface area contributed by atoms with Crippen molar-refractivity contribution in [3.63, 3.8) is 0 Å². The Morgan fingerprint density at radius 1 is 1.00 bits per heavy atom. The third kappa shape index (κ3) is 2.64. The van der Waals surface area contributed by atoms with E-state index < -0.39 is 35.6 Å². The van der Waals surface area contributed by atoms with Crippen LogP contribution in [0.5, 0.6) is 0 Å². The quantitative estimate of drug-likeness (QED) is 0.607. The number of alkyl halides is 7. The SMILES string of the molecule is C/C(=C\C(F)(C(F)(F)F)C(F)(F)F)C(=O)O. The summed E-state index contributed by atoms with van der Waals surface area (Å²) in [6, 6.07) is 0. The maximum atomic E-state index is 12.8. The number of halogens is 7. The second kappa shape index (κ2) is 3.95. The minimum Gasteiger partial charge on any atom is -0.478 e. The third-order valence-electron chi connectivity index (χ3n) is 1.58. The van der Waals surface area contributed by atoms with Crippen LogP contribution >= 0.6 is 0 Å². The van der Waals surface area contributed by atoms with Gasteiger partial charge in [0, 0.05) is 5.57 Å². The third-order valence-corrected chi connectivity index (χ3v) is 1.58. The Kier molecular flexibility index (Phi) is 3.63. The lowest BCUT2D eigenvalue weighted by Crippen LogP contribution is -2.52. The molecule has 0 bridgehead atoms. The van der Waals surface area contributed by atoms with Gasteiger partial charge in [-0.25, -0.2) is 9.18 Å². The van der Waals surface area contributed by atoms with Crippen molar-refractivity contribution in [3.8, 4) is 0 Å². The van der Waals surface area contributed by atoms with Crippen LogP contribution in [0, 0.1) is 0 Å². The number of carbonyl (C=O) groups is 1. The van der Waals surface area contributed by atoms with Crippen LogP contribution in [-0.2, 0) is 4.79 Å². The first-order valence-corrected chi connectivity index (χ1v) is 3.58. The van der Waals surface area contributed by atoms with Gasteiger partial charge in [0.1, 0.15) is 0 Å². The molecule has 0 amide bonds. The number of hydrogen-bond donors (Lipinski definition) is 1. The molecule has 0 aliphatic carbocycles. The Bertz CT molecular complexity index is 298. The van der Waals surface area contributed by atoms with E-state index in [4.69, 9.17) is 5.11 Å². The van der Waals surface area contributed by atoms with E-state index in [1.54, 1.807) is 0 Å². The van der Waals surface area contributed by atoms with Gasteiger partial charge in [0.15, 0.2) is 0 Å². The highest BCUT2D eigenvalue weighted by molar-refractivity contribution is 5.86. The molecule has 2 nitrogen and oxygen atoms in total. The van der Waals surface area contributed by atoms with E-state index in [0.29, 0.717) is 6.92 Å². The van der Waals surface area contributed by atoms with Gasteiger partial charge in [0.2, 0.25) is 0 Å². The van der Waals surface area contributed by atoms with E-state index in [1.807, 2.05) is 0 Å². The van der Waals surface area contributed by atoms with Crippen LogP contribution in [0.1, 0.15) is 6.92 Å². The standard InChI is InChI=1S/C7H5F7O2/c1-3(4(15)16)2-5(8,6(9,10)11)7(12,13)14/h2H,1H3,(H,15,16)/b3-2+. The minimum absolute atomic E-state index is 0.425. The molecule has 0 aliphatic heterocycles. The van der Waals surface area contributed by atoms with Crippen molar-refractivity contribution in [3.05, 3.63) is 11.6 Å². The number of carboxylic acid groups (broad SMARTS) is 1. The van der Waals surface area contributed by atoms with Crippen molar-refractivity contribution in [2.75, 3.05) is 0 Å². The fraction of sp³-hybridized carbons (Fsp3) is 0.571. The number of aliphatic carboxylic acids is 1. The lowest BCUT2D eigenvalue weighted by Gasteiger charge is -2.27. The molecule has 0 aromatic rings. The average Bonchev–Trinajstić information content (AvgIpc) is 1.99. The van der Waals surface area contributed by atoms with Gasteiger partial charge in [0.05, 0.1) is 0 Å². The molecule has 0 aliphatic rings. The summed E-state index contributed by atoms with van der Waals surface area (Å²) in [5.41, 5.74) is -7.06. The first-order valence-electron chi connectivity index (χ1n) is 3.58. The normalized spacial score (nSPS) is 15.1. The summed E-state index contributed by atoms with van der Waals surface area (Å²) in [6.45, 7) is 0.425. The topological polar surface area (TPSA) is 37.3 Å². The molecule has 1 N–H and O–H groups in total. The molecule has 0 aromatic heterocycles. The lowest BCUT2D eigenvalue weighted by molar-refractivity contribution is -0.322. The highest BCUT2D eigenvalue weighted by Crippen LogP contribution is 2.47. The maximum absolute atomic E-state index is 12.8. The van der Waals surface area contributed by atoms with Crippen molar-refractivity contribution in [1.29, 1.82) is 0 Å². The van der Waals surface area contributed by atoms with Crippen LogP contribution in [0.3, 0.4) is 0 Å². The summed E-state index contributed by atoms with van der Waals surface area (Å²) >= 11 is 0. The van der Waals surface area contributed by atoms with Crippen LogP contribution in [0.25, 0.3) is 0 Å². The van der Waals surface area contributed by atoms with Gasteiger partial charge in [-0.15, -0.1) is 0 Å². The zero-order chi connectivity index (χ0) is 13.4. The van der Waals surface area contributed by atoms with Crippen molar-refractivity contribution in [2.24, 2.45) is 0 Å². The van der Waals surface area contributed by atoms with Crippen molar-refractivity contribution < 1.29 is 40.6 Å². The Labute approximate surface area is 84.4 Å². The number of carboxylic acids is 1. The van der Waals surface area contributed by atoms with Gasteiger partial charge in [-0.05, 0) is 13.0 Å². The van der Waals surface area contributed by atoms with Crippen LogP contribution < -0.4 is 0 Å². The highest BCUT2D eigenvalue weighted by Gasteiger charge is 2.71. The highest BCUT2D eigenvalue weighted by atomic mass is 19.4. The molecule has 0 saturated carbocycles. The first kappa shape index (κ1) is 14.7. The van der Waals surface area contributed by atoms with Crippen LogP contribution in [-0.4, -0.2) is 29.1 Å². The molecule has 0 heterocycles. The van der Waals surface area contributed by atoms with Gasteiger partial charge < -0.3 is 5.11 Å². The fourth-order valence-electron chi connectivity index (χ4n) is 0.684. The molecule has 0 radical (unpaired) electrons. The van der Waals surface area contributed by atoms with Crippen molar-refractivity contribution in [1.82, 2.24) is 0 Å². The predicted octanol–water partition coefficient (Wildman–Crippen LogP) is 2.85. The summed E-state index contributed by atoms with van der Waals surface area (Å²) in [5, 5.41) is 8.11. The summed E-state index contributed by atoms with van der Waals surface area (Å²) in [5.74, 6) is -2.07. The number of allylic oxidation sites excluding steroid dienone is 1. The largest absolute Gasteiger partial charge is 0.478 e. The monoisotopic (exact) mass is 254 g/mol. The van der Waals surface area contributed by atoms with E-state index in [2.05, 4.69) is 0 Å². The molecule has 0 rings (SSSR count). The summed E-state index contributed by atoms with van der Waals surface area (Å²) in [4.78, 5) is 10.1. The van der Waals surface area contributed by atoms with Crippen molar-refractivity contribution >= 4 is 5.97 Å². The van der Waals surface area contributed by atoms with Gasteiger partial charge in [-0.3, -0.25) is 0 Å². The van der Waals surface area contributed by atoms with Crippen molar-refractivity contribution in [2.45, 2.75) is 24.9 Å². The molecule has 0 fully saturated rings. The zero-order valence-corrected chi connectivity index (χ0v) is 7.58. The Hall–Kier alpha value is -1.28. The van der Waals surface area contributed by atoms with Gasteiger partial charge in [-0.1, -0.05) is 0 Å². The van der Waals surface area contributed by atoms with E-state index in [-0.39, 0.29) is 0 Å². The van der Waals surface area contributed by atoms with E-state index >= 15 is 0 Å². The average molecular weight is 254 g/mol. The summed E-state index contributed by atoms with van der Waals surface area (Å²) in [7, 11) is 0. The van der Waals surface area contributed by atoms with Gasteiger partial charge in [0.25, 0.3) is 0 Å². The molecule has 0 unspecified atom stereocenters. The molecular weight excluding hydrogens is 249 g/mol. The first-order chi connectivity index (χ1) is 6.83. The molecular formula is C7H5F7O2. The lowest BCUT2D eigenvalue weighted by atomic mass is 10.0. The Balaban J connectivity index is 5.64. The summed E-state index contributed by atoms with van der Waals surface area (Å²) in [6.07, 6.45) is -13.6.